The van der Waals surface area contributed by atoms with E-state index in [9.17, 15) is 0 Å². The lowest BCUT2D eigenvalue weighted by atomic mass is 9.65. The number of anilines is 2. The maximum atomic E-state index is 6.94. The van der Waals surface area contributed by atoms with Crippen LogP contribution in [-0.4, -0.2) is 0 Å². The predicted octanol–water partition coefficient (Wildman–Crippen LogP) is 15.1. The molecule has 2 heteroatoms. The van der Waals surface area contributed by atoms with E-state index in [0.717, 1.165) is 49.1 Å². The standard InChI is InChI=1S/C58H47NO/c1-57(2)50-24-14-12-22-45(50)46-32-30-43(36-52(46)57)59(42-28-26-39(27-29-42)38-16-6-3-7-17-38)44-31-33-49-53(37-44)58(40-18-8-4-9-19-40,41-20-10-5-11-21-41)51-35-34-48-47-23-13-15-25-54(47)60-56(48)55(49)51/h3-10,12,14-20,22,24-26,28-37,39H,11,13,21,23,27H2,1-2H3. The number of aryl methyl sites for hydroxylation is 1. The molecule has 0 saturated carbocycles. The Balaban J connectivity index is 1.10. The zero-order valence-electron chi connectivity index (χ0n) is 34.3. The summed E-state index contributed by atoms with van der Waals surface area (Å²) >= 11 is 0. The second kappa shape index (κ2) is 13.4. The van der Waals surface area contributed by atoms with Gasteiger partial charge in [-0.05, 0) is 119 Å². The molecule has 12 rings (SSSR count). The summed E-state index contributed by atoms with van der Waals surface area (Å²) in [6, 6.07) is 50.4. The van der Waals surface area contributed by atoms with Crippen molar-refractivity contribution in [2.75, 3.05) is 4.90 Å². The van der Waals surface area contributed by atoms with Gasteiger partial charge in [0.15, 0.2) is 0 Å². The summed E-state index contributed by atoms with van der Waals surface area (Å²) in [6.07, 6.45) is 23.6. The molecule has 0 amide bonds. The fourth-order valence-electron chi connectivity index (χ4n) is 11.4. The first-order valence-corrected chi connectivity index (χ1v) is 21.8. The highest BCUT2D eigenvalue weighted by Crippen LogP contribution is 2.61. The van der Waals surface area contributed by atoms with Crippen LogP contribution in [0, 0.1) is 0 Å². The molecule has 6 aromatic carbocycles. The Labute approximate surface area is 353 Å². The van der Waals surface area contributed by atoms with Crippen LogP contribution in [0.15, 0.2) is 192 Å². The number of allylic oxidation sites excluding steroid dienone is 8. The van der Waals surface area contributed by atoms with Crippen LogP contribution >= 0.6 is 0 Å². The molecule has 0 bridgehead atoms. The molecule has 0 saturated heterocycles. The minimum Gasteiger partial charge on any atom is -0.456 e. The summed E-state index contributed by atoms with van der Waals surface area (Å²) in [5.74, 6) is 1.35. The van der Waals surface area contributed by atoms with E-state index in [1.165, 1.54) is 83.5 Å². The zero-order valence-corrected chi connectivity index (χ0v) is 34.3. The summed E-state index contributed by atoms with van der Waals surface area (Å²) in [4.78, 5) is 2.53. The Morgan fingerprint density at radius 1 is 0.633 bits per heavy atom. The van der Waals surface area contributed by atoms with Gasteiger partial charge in [0, 0.05) is 44.9 Å². The Bertz CT molecular complexity index is 3040. The first kappa shape index (κ1) is 35.3. The summed E-state index contributed by atoms with van der Waals surface area (Å²) in [5.41, 5.74) is 19.9. The summed E-state index contributed by atoms with van der Waals surface area (Å²) in [7, 11) is 0. The SMILES string of the molecule is CC1(C)c2ccccc2-c2ccc(N(C3=CCC(c4ccccc4)C=C3)c3ccc4c(c3)C(C3=CC=CCC3)(c3ccccc3)c3ccc5c6c(oc5c3-4)C=CCC6)cc21. The van der Waals surface area contributed by atoms with E-state index >= 15 is 0 Å². The lowest BCUT2D eigenvalue weighted by Gasteiger charge is -2.37. The molecule has 2 unspecified atom stereocenters. The van der Waals surface area contributed by atoms with E-state index in [2.05, 4.69) is 201 Å². The quantitative estimate of drug-likeness (QED) is 0.167. The largest absolute Gasteiger partial charge is 0.456 e. The van der Waals surface area contributed by atoms with Gasteiger partial charge >= 0.3 is 0 Å². The fourth-order valence-corrected chi connectivity index (χ4v) is 11.4. The minimum absolute atomic E-state index is 0.116. The van der Waals surface area contributed by atoms with Crippen molar-refractivity contribution in [2.45, 2.75) is 62.7 Å². The van der Waals surface area contributed by atoms with Crippen LogP contribution in [0.25, 0.3) is 39.3 Å². The van der Waals surface area contributed by atoms with E-state index in [-0.39, 0.29) is 5.41 Å². The number of fused-ring (bicyclic) bond motifs is 10. The minimum atomic E-state index is -0.494. The molecule has 1 aromatic heterocycles. The first-order valence-electron chi connectivity index (χ1n) is 21.8. The third-order valence-electron chi connectivity index (χ3n) is 14.3. The van der Waals surface area contributed by atoms with E-state index in [0.29, 0.717) is 5.92 Å². The molecule has 2 atom stereocenters. The van der Waals surface area contributed by atoms with Crippen molar-refractivity contribution in [2.24, 2.45) is 0 Å². The monoisotopic (exact) mass is 773 g/mol. The van der Waals surface area contributed by atoms with Crippen LogP contribution in [0.4, 0.5) is 11.4 Å². The van der Waals surface area contributed by atoms with E-state index in [1.807, 2.05) is 0 Å². The van der Waals surface area contributed by atoms with Crippen molar-refractivity contribution in [1.29, 1.82) is 0 Å². The van der Waals surface area contributed by atoms with Crippen LogP contribution in [0.5, 0.6) is 0 Å². The number of nitrogens with zero attached hydrogens (tertiary/aromatic N) is 1. The van der Waals surface area contributed by atoms with Crippen LogP contribution in [0.1, 0.15) is 90.2 Å². The summed E-state index contributed by atoms with van der Waals surface area (Å²) in [5, 5.41) is 1.25. The van der Waals surface area contributed by atoms with Gasteiger partial charge < -0.3 is 9.32 Å². The molecule has 0 N–H and O–H groups in total. The van der Waals surface area contributed by atoms with Crippen molar-refractivity contribution in [3.05, 3.63) is 232 Å². The predicted molar refractivity (Wildman–Crippen MR) is 249 cm³/mol. The zero-order chi connectivity index (χ0) is 40.0. The fraction of sp³-hybridized carbons (Fsp3) is 0.172. The third kappa shape index (κ3) is 5.07. The molecule has 5 aliphatic carbocycles. The van der Waals surface area contributed by atoms with Gasteiger partial charge in [-0.3, -0.25) is 0 Å². The molecule has 0 fully saturated rings. The molecule has 290 valence electrons. The van der Waals surface area contributed by atoms with Crippen LogP contribution < -0.4 is 4.90 Å². The summed E-state index contributed by atoms with van der Waals surface area (Å²) < 4.78 is 6.94. The van der Waals surface area contributed by atoms with Gasteiger partial charge in [0.25, 0.3) is 0 Å². The Morgan fingerprint density at radius 3 is 2.15 bits per heavy atom. The molecular weight excluding hydrogens is 727 g/mol. The molecule has 7 aromatic rings. The smallest absolute Gasteiger partial charge is 0.143 e. The van der Waals surface area contributed by atoms with E-state index in [1.54, 1.807) is 0 Å². The molecule has 2 nitrogen and oxygen atoms in total. The number of hydrogen-bond donors (Lipinski definition) is 0. The highest BCUT2D eigenvalue weighted by Gasteiger charge is 2.49. The van der Waals surface area contributed by atoms with Crippen LogP contribution in [0.3, 0.4) is 0 Å². The second-order valence-corrected chi connectivity index (χ2v) is 17.7. The van der Waals surface area contributed by atoms with Gasteiger partial charge in [0.2, 0.25) is 0 Å². The normalized spacial score (nSPS) is 20.2. The molecule has 60 heavy (non-hydrogen) atoms. The van der Waals surface area contributed by atoms with E-state index < -0.39 is 5.41 Å². The van der Waals surface area contributed by atoms with Crippen molar-refractivity contribution in [3.63, 3.8) is 0 Å². The topological polar surface area (TPSA) is 16.4 Å². The maximum absolute atomic E-state index is 6.94. The molecule has 0 spiro atoms. The first-order chi connectivity index (χ1) is 29.5. The molecular formula is C58H47NO. The van der Waals surface area contributed by atoms with Crippen molar-refractivity contribution >= 4 is 28.4 Å². The Morgan fingerprint density at radius 2 is 1.37 bits per heavy atom. The molecule has 0 radical (unpaired) electrons. The maximum Gasteiger partial charge on any atom is 0.143 e. The highest BCUT2D eigenvalue weighted by atomic mass is 16.3. The average molecular weight is 774 g/mol. The van der Waals surface area contributed by atoms with Gasteiger partial charge in [-0.1, -0.05) is 165 Å². The van der Waals surface area contributed by atoms with Gasteiger partial charge in [0.05, 0.1) is 5.41 Å². The van der Waals surface area contributed by atoms with Gasteiger partial charge in [-0.25, -0.2) is 0 Å². The Hall–Kier alpha value is -6.64. The number of benzene rings is 6. The lowest BCUT2D eigenvalue weighted by Crippen LogP contribution is -2.30. The molecule has 0 aliphatic heterocycles. The average Bonchev–Trinajstić information content (AvgIpc) is 3.91. The van der Waals surface area contributed by atoms with Gasteiger partial charge in [-0.15, -0.1) is 0 Å². The summed E-state index contributed by atoms with van der Waals surface area (Å²) in [6.45, 7) is 4.76. The van der Waals surface area contributed by atoms with Crippen LogP contribution in [0.2, 0.25) is 0 Å². The molecule has 1 heterocycles. The van der Waals surface area contributed by atoms with Gasteiger partial charge in [0.1, 0.15) is 11.3 Å². The van der Waals surface area contributed by atoms with E-state index in [4.69, 9.17) is 4.42 Å². The second-order valence-electron chi connectivity index (χ2n) is 17.7. The van der Waals surface area contributed by atoms with Gasteiger partial charge in [-0.2, -0.15) is 0 Å². The Kier molecular flexibility index (Phi) is 7.91. The lowest BCUT2D eigenvalue weighted by molar-refractivity contribution is 0.595. The highest BCUT2D eigenvalue weighted by molar-refractivity contribution is 6.04. The van der Waals surface area contributed by atoms with Crippen LogP contribution in [-0.2, 0) is 17.3 Å². The number of furan rings is 1. The number of hydrogen-bond acceptors (Lipinski definition) is 2. The van der Waals surface area contributed by atoms with Crippen molar-refractivity contribution in [1.82, 2.24) is 0 Å². The van der Waals surface area contributed by atoms with Crippen molar-refractivity contribution < 1.29 is 4.42 Å². The third-order valence-corrected chi connectivity index (χ3v) is 14.3. The molecule has 5 aliphatic rings. The van der Waals surface area contributed by atoms with Crippen molar-refractivity contribution in [3.8, 4) is 22.3 Å². The number of rotatable bonds is 6.